The number of nitrogens with zero attached hydrogens (tertiary/aromatic N) is 1. The standard InChI is InChI=1S/C8H13NO3/c10-6-5-7-3-1-2-4-8(7)9(11)12/h6-8H,1-5H2/t7-,8+/m0/s1. The summed E-state index contributed by atoms with van der Waals surface area (Å²) in [6.45, 7) is 0. The maximum atomic E-state index is 10.5. The van der Waals surface area contributed by atoms with Crippen molar-refractivity contribution in [1.29, 1.82) is 0 Å². The van der Waals surface area contributed by atoms with Gasteiger partial charge in [-0.1, -0.05) is 6.42 Å². The first-order valence-corrected chi connectivity index (χ1v) is 4.33. The molecule has 1 rings (SSSR count). The van der Waals surface area contributed by atoms with E-state index >= 15 is 0 Å². The van der Waals surface area contributed by atoms with Crippen LogP contribution in [0.2, 0.25) is 0 Å². The van der Waals surface area contributed by atoms with E-state index in [1.807, 2.05) is 0 Å². The van der Waals surface area contributed by atoms with E-state index in [9.17, 15) is 14.9 Å². The minimum Gasteiger partial charge on any atom is -0.303 e. The molecule has 0 aromatic heterocycles. The van der Waals surface area contributed by atoms with Gasteiger partial charge in [0.2, 0.25) is 6.04 Å². The van der Waals surface area contributed by atoms with Crippen LogP contribution in [-0.2, 0) is 4.79 Å². The van der Waals surface area contributed by atoms with Crippen molar-refractivity contribution in [2.24, 2.45) is 5.92 Å². The summed E-state index contributed by atoms with van der Waals surface area (Å²) in [5, 5.41) is 10.5. The predicted octanol–water partition coefficient (Wildman–Crippen LogP) is 1.41. The number of carbonyl (C=O) groups is 1. The smallest absolute Gasteiger partial charge is 0.216 e. The number of nitro groups is 1. The molecular formula is C8H13NO3. The van der Waals surface area contributed by atoms with Crippen LogP contribution >= 0.6 is 0 Å². The zero-order valence-corrected chi connectivity index (χ0v) is 6.94. The van der Waals surface area contributed by atoms with Crippen LogP contribution < -0.4 is 0 Å². The van der Waals surface area contributed by atoms with Crippen molar-refractivity contribution in [3.63, 3.8) is 0 Å². The van der Waals surface area contributed by atoms with Gasteiger partial charge in [0.05, 0.1) is 0 Å². The Kier molecular flexibility index (Phi) is 3.19. The second kappa shape index (κ2) is 4.18. The third kappa shape index (κ3) is 2.03. The molecule has 0 aromatic rings. The normalized spacial score (nSPS) is 29.7. The van der Waals surface area contributed by atoms with E-state index in [0.29, 0.717) is 12.8 Å². The lowest BCUT2D eigenvalue weighted by Crippen LogP contribution is -2.32. The Morgan fingerprint density at radius 3 is 2.67 bits per heavy atom. The fourth-order valence-electron chi connectivity index (χ4n) is 1.86. The summed E-state index contributed by atoms with van der Waals surface area (Å²) in [5.41, 5.74) is 0. The van der Waals surface area contributed by atoms with Crippen LogP contribution in [0, 0.1) is 16.0 Å². The van der Waals surface area contributed by atoms with E-state index in [1.165, 1.54) is 0 Å². The minimum absolute atomic E-state index is 0.00810. The van der Waals surface area contributed by atoms with Gasteiger partial charge in [-0.2, -0.15) is 0 Å². The highest BCUT2D eigenvalue weighted by atomic mass is 16.6. The van der Waals surface area contributed by atoms with E-state index in [0.717, 1.165) is 25.5 Å². The second-order valence-corrected chi connectivity index (χ2v) is 3.30. The van der Waals surface area contributed by atoms with Gasteiger partial charge in [0, 0.05) is 23.7 Å². The van der Waals surface area contributed by atoms with Gasteiger partial charge in [0.25, 0.3) is 0 Å². The fraction of sp³-hybridized carbons (Fsp3) is 0.875. The van der Waals surface area contributed by atoms with E-state index in [-0.39, 0.29) is 10.8 Å². The molecule has 0 aromatic carbocycles. The van der Waals surface area contributed by atoms with Crippen molar-refractivity contribution in [3.05, 3.63) is 10.1 Å². The van der Waals surface area contributed by atoms with Crippen molar-refractivity contribution in [1.82, 2.24) is 0 Å². The molecule has 0 amide bonds. The molecule has 0 aliphatic heterocycles. The largest absolute Gasteiger partial charge is 0.303 e. The van der Waals surface area contributed by atoms with E-state index < -0.39 is 6.04 Å². The van der Waals surface area contributed by atoms with Crippen LogP contribution in [0.5, 0.6) is 0 Å². The van der Waals surface area contributed by atoms with Gasteiger partial charge in [0.15, 0.2) is 0 Å². The van der Waals surface area contributed by atoms with Crippen LogP contribution in [0.3, 0.4) is 0 Å². The summed E-state index contributed by atoms with van der Waals surface area (Å²) in [6.07, 6.45) is 4.60. The Morgan fingerprint density at radius 2 is 2.08 bits per heavy atom. The highest BCUT2D eigenvalue weighted by molar-refractivity contribution is 5.49. The van der Waals surface area contributed by atoms with Crippen LogP contribution in [0.25, 0.3) is 0 Å². The summed E-state index contributed by atoms with van der Waals surface area (Å²) in [7, 11) is 0. The molecule has 0 radical (unpaired) electrons. The number of carbonyl (C=O) groups excluding carboxylic acids is 1. The summed E-state index contributed by atoms with van der Waals surface area (Å²) in [5.74, 6) is -0.00810. The molecule has 0 spiro atoms. The highest BCUT2D eigenvalue weighted by Gasteiger charge is 2.33. The van der Waals surface area contributed by atoms with Gasteiger partial charge in [-0.15, -0.1) is 0 Å². The number of rotatable bonds is 3. The second-order valence-electron chi connectivity index (χ2n) is 3.30. The average molecular weight is 171 g/mol. The van der Waals surface area contributed by atoms with Crippen molar-refractivity contribution < 1.29 is 9.72 Å². The molecule has 0 unspecified atom stereocenters. The number of aldehydes is 1. The Bertz CT molecular complexity index is 181. The minimum atomic E-state index is -0.469. The summed E-state index contributed by atoms with van der Waals surface area (Å²) in [4.78, 5) is 20.5. The van der Waals surface area contributed by atoms with E-state index in [1.54, 1.807) is 0 Å². The Hall–Kier alpha value is -0.930. The molecule has 4 nitrogen and oxygen atoms in total. The van der Waals surface area contributed by atoms with Crippen LogP contribution in [0.4, 0.5) is 0 Å². The topological polar surface area (TPSA) is 60.2 Å². The van der Waals surface area contributed by atoms with Gasteiger partial charge in [-0.05, 0) is 12.8 Å². The molecule has 0 heterocycles. The maximum absolute atomic E-state index is 10.5. The van der Waals surface area contributed by atoms with E-state index in [4.69, 9.17) is 0 Å². The molecule has 12 heavy (non-hydrogen) atoms. The molecule has 68 valence electrons. The van der Waals surface area contributed by atoms with Gasteiger partial charge >= 0.3 is 0 Å². The van der Waals surface area contributed by atoms with Gasteiger partial charge in [0.1, 0.15) is 6.29 Å². The summed E-state index contributed by atoms with van der Waals surface area (Å²) in [6, 6.07) is -0.469. The average Bonchev–Trinajstić information content (AvgIpc) is 2.05. The maximum Gasteiger partial charge on any atom is 0.216 e. The molecule has 1 saturated carbocycles. The third-order valence-corrected chi connectivity index (χ3v) is 2.54. The predicted molar refractivity (Wildman–Crippen MR) is 43.4 cm³/mol. The van der Waals surface area contributed by atoms with Crippen molar-refractivity contribution >= 4 is 6.29 Å². The Morgan fingerprint density at radius 1 is 1.42 bits per heavy atom. The van der Waals surface area contributed by atoms with Crippen molar-refractivity contribution in [2.45, 2.75) is 38.1 Å². The van der Waals surface area contributed by atoms with Gasteiger partial charge in [-0.3, -0.25) is 10.1 Å². The molecule has 1 fully saturated rings. The fourth-order valence-corrected chi connectivity index (χ4v) is 1.86. The lowest BCUT2D eigenvalue weighted by Gasteiger charge is -2.23. The highest BCUT2D eigenvalue weighted by Crippen LogP contribution is 2.27. The third-order valence-electron chi connectivity index (χ3n) is 2.54. The Balaban J connectivity index is 2.53. The molecule has 2 atom stereocenters. The number of hydrogen-bond donors (Lipinski definition) is 0. The summed E-state index contributed by atoms with van der Waals surface area (Å²) < 4.78 is 0. The molecule has 1 aliphatic rings. The first-order valence-electron chi connectivity index (χ1n) is 4.33. The first-order chi connectivity index (χ1) is 5.75. The molecular weight excluding hydrogens is 158 g/mol. The quantitative estimate of drug-likeness (QED) is 0.366. The van der Waals surface area contributed by atoms with Gasteiger partial charge in [-0.25, -0.2) is 0 Å². The Labute approximate surface area is 71.1 Å². The van der Waals surface area contributed by atoms with Crippen molar-refractivity contribution in [3.8, 4) is 0 Å². The zero-order valence-electron chi connectivity index (χ0n) is 6.94. The molecule has 4 heteroatoms. The van der Waals surface area contributed by atoms with Crippen molar-refractivity contribution in [2.75, 3.05) is 0 Å². The monoisotopic (exact) mass is 171 g/mol. The molecule has 0 bridgehead atoms. The molecule has 1 aliphatic carbocycles. The number of hydrogen-bond acceptors (Lipinski definition) is 3. The molecule has 0 saturated heterocycles. The van der Waals surface area contributed by atoms with Crippen LogP contribution in [0.15, 0.2) is 0 Å². The first kappa shape index (κ1) is 9.16. The van der Waals surface area contributed by atoms with Crippen LogP contribution in [-0.4, -0.2) is 17.3 Å². The lowest BCUT2D eigenvalue weighted by atomic mass is 9.83. The zero-order chi connectivity index (χ0) is 8.97. The molecule has 0 N–H and O–H groups in total. The summed E-state index contributed by atoms with van der Waals surface area (Å²) >= 11 is 0. The van der Waals surface area contributed by atoms with Gasteiger partial charge < -0.3 is 4.79 Å². The van der Waals surface area contributed by atoms with Crippen LogP contribution in [0.1, 0.15) is 32.1 Å². The lowest BCUT2D eigenvalue weighted by molar-refractivity contribution is -0.535. The van der Waals surface area contributed by atoms with E-state index in [2.05, 4.69) is 0 Å². The SMILES string of the molecule is O=CC[C@@H]1CCCC[C@H]1[N+](=O)[O-].